The number of anilines is 1. The van der Waals surface area contributed by atoms with Gasteiger partial charge in [-0.25, -0.2) is 14.6 Å². The third kappa shape index (κ3) is 3.37. The number of hydrogen-bond acceptors (Lipinski definition) is 3. The summed E-state index contributed by atoms with van der Waals surface area (Å²) in [4.78, 5) is 23.2. The fraction of sp³-hybridized carbons (Fsp3) is 0.385. The maximum absolute atomic E-state index is 13.1. The molecule has 7 heteroatoms. The Bertz CT molecular complexity index is 522. The van der Waals surface area contributed by atoms with Gasteiger partial charge in [0.25, 0.3) is 0 Å². The number of carbonyl (C=O) groups excluding carboxylic acids is 2. The van der Waals surface area contributed by atoms with Gasteiger partial charge in [0.1, 0.15) is 11.6 Å². The van der Waals surface area contributed by atoms with Crippen molar-refractivity contribution in [1.82, 2.24) is 10.4 Å². The standard InChI is InChI=1S/C13H16FN3O3/c1-2-20-11-8-9(14)5-6-10(11)15-13(19)16-17-7-3-4-12(17)18/h5-6,8H,2-4,7H2,1H3,(H2,15,16,19). The molecule has 0 radical (unpaired) electrons. The molecule has 3 amide bonds. The highest BCUT2D eigenvalue weighted by Gasteiger charge is 2.22. The molecule has 0 unspecified atom stereocenters. The van der Waals surface area contributed by atoms with E-state index < -0.39 is 11.8 Å². The summed E-state index contributed by atoms with van der Waals surface area (Å²) in [5.41, 5.74) is 2.79. The number of nitrogens with zero attached hydrogens (tertiary/aromatic N) is 1. The normalized spacial score (nSPS) is 14.3. The highest BCUT2D eigenvalue weighted by Crippen LogP contribution is 2.25. The molecular weight excluding hydrogens is 265 g/mol. The summed E-state index contributed by atoms with van der Waals surface area (Å²) in [6.07, 6.45) is 1.15. The summed E-state index contributed by atoms with van der Waals surface area (Å²) in [6.45, 7) is 2.61. The van der Waals surface area contributed by atoms with Crippen molar-refractivity contribution >= 4 is 17.6 Å². The van der Waals surface area contributed by atoms with Crippen molar-refractivity contribution in [3.05, 3.63) is 24.0 Å². The molecule has 0 aliphatic carbocycles. The number of halogens is 1. The monoisotopic (exact) mass is 281 g/mol. The van der Waals surface area contributed by atoms with Crippen molar-refractivity contribution in [2.45, 2.75) is 19.8 Å². The number of amides is 3. The summed E-state index contributed by atoms with van der Waals surface area (Å²) < 4.78 is 18.4. The minimum absolute atomic E-state index is 0.121. The highest BCUT2D eigenvalue weighted by atomic mass is 19.1. The van der Waals surface area contributed by atoms with Gasteiger partial charge in [-0.15, -0.1) is 0 Å². The predicted molar refractivity (Wildman–Crippen MR) is 70.7 cm³/mol. The van der Waals surface area contributed by atoms with E-state index in [0.717, 1.165) is 6.42 Å². The van der Waals surface area contributed by atoms with E-state index in [1.165, 1.54) is 23.2 Å². The van der Waals surface area contributed by atoms with Crippen LogP contribution in [0.1, 0.15) is 19.8 Å². The molecule has 6 nitrogen and oxygen atoms in total. The Kier molecular flexibility index (Phi) is 4.39. The molecule has 1 aliphatic heterocycles. The van der Waals surface area contributed by atoms with Crippen LogP contribution in [0.3, 0.4) is 0 Å². The van der Waals surface area contributed by atoms with Crippen molar-refractivity contribution in [3.8, 4) is 5.75 Å². The fourth-order valence-corrected chi connectivity index (χ4v) is 1.91. The number of carbonyl (C=O) groups is 2. The average Bonchev–Trinajstić information content (AvgIpc) is 2.79. The van der Waals surface area contributed by atoms with Crippen LogP contribution in [0, 0.1) is 5.82 Å². The Morgan fingerprint density at radius 1 is 1.50 bits per heavy atom. The first-order valence-electron chi connectivity index (χ1n) is 6.40. The predicted octanol–water partition coefficient (Wildman–Crippen LogP) is 1.88. The molecule has 1 fully saturated rings. The molecule has 2 rings (SSSR count). The van der Waals surface area contributed by atoms with E-state index in [9.17, 15) is 14.0 Å². The maximum atomic E-state index is 13.1. The van der Waals surface area contributed by atoms with Gasteiger partial charge in [0.2, 0.25) is 5.91 Å². The molecule has 0 spiro atoms. The molecule has 1 aliphatic rings. The summed E-state index contributed by atoms with van der Waals surface area (Å²) in [5, 5.41) is 3.80. The van der Waals surface area contributed by atoms with E-state index in [0.29, 0.717) is 25.3 Å². The van der Waals surface area contributed by atoms with Gasteiger partial charge in [-0.1, -0.05) is 0 Å². The number of hydrogen-bond donors (Lipinski definition) is 2. The molecule has 1 heterocycles. The van der Waals surface area contributed by atoms with Crippen LogP contribution in [0.25, 0.3) is 0 Å². The second kappa shape index (κ2) is 6.23. The van der Waals surface area contributed by atoms with Gasteiger partial charge in [0.15, 0.2) is 0 Å². The average molecular weight is 281 g/mol. The lowest BCUT2D eigenvalue weighted by Gasteiger charge is -2.18. The number of rotatable bonds is 4. The summed E-state index contributed by atoms with van der Waals surface area (Å²) >= 11 is 0. The third-order valence-electron chi connectivity index (χ3n) is 2.80. The number of urea groups is 1. The molecule has 2 N–H and O–H groups in total. The Hall–Kier alpha value is -2.31. The summed E-state index contributed by atoms with van der Waals surface area (Å²) in [6, 6.07) is 3.26. The highest BCUT2D eigenvalue weighted by molar-refractivity contribution is 5.92. The molecule has 108 valence electrons. The van der Waals surface area contributed by atoms with Gasteiger partial charge >= 0.3 is 6.03 Å². The van der Waals surface area contributed by atoms with Gasteiger partial charge < -0.3 is 10.1 Å². The molecule has 1 aromatic rings. The zero-order chi connectivity index (χ0) is 14.5. The number of hydrazine groups is 1. The largest absolute Gasteiger partial charge is 0.492 e. The van der Waals surface area contributed by atoms with Crippen molar-refractivity contribution in [2.75, 3.05) is 18.5 Å². The molecule has 0 bridgehead atoms. The second-order valence-electron chi connectivity index (χ2n) is 4.29. The summed E-state index contributed by atoms with van der Waals surface area (Å²) in [5.74, 6) is -0.325. The van der Waals surface area contributed by atoms with Crippen molar-refractivity contribution in [3.63, 3.8) is 0 Å². The maximum Gasteiger partial charge on any atom is 0.338 e. The van der Waals surface area contributed by atoms with E-state index in [4.69, 9.17) is 4.74 Å². The molecule has 0 atom stereocenters. The molecular formula is C13H16FN3O3. The van der Waals surface area contributed by atoms with Gasteiger partial charge in [0, 0.05) is 19.0 Å². The second-order valence-corrected chi connectivity index (χ2v) is 4.29. The molecule has 0 saturated carbocycles. The Labute approximate surface area is 115 Å². The van der Waals surface area contributed by atoms with E-state index in [-0.39, 0.29) is 11.7 Å². The van der Waals surface area contributed by atoms with Crippen LogP contribution in [-0.2, 0) is 4.79 Å². The Morgan fingerprint density at radius 3 is 2.95 bits per heavy atom. The lowest BCUT2D eigenvalue weighted by Crippen LogP contribution is -2.45. The van der Waals surface area contributed by atoms with Crippen LogP contribution in [0.4, 0.5) is 14.9 Å². The lowest BCUT2D eigenvalue weighted by atomic mass is 10.3. The zero-order valence-corrected chi connectivity index (χ0v) is 11.1. The Morgan fingerprint density at radius 2 is 2.30 bits per heavy atom. The van der Waals surface area contributed by atoms with Gasteiger partial charge in [-0.3, -0.25) is 9.80 Å². The van der Waals surface area contributed by atoms with Gasteiger partial charge in [-0.2, -0.15) is 0 Å². The zero-order valence-electron chi connectivity index (χ0n) is 11.1. The van der Waals surface area contributed by atoms with E-state index in [2.05, 4.69) is 10.7 Å². The number of nitrogens with one attached hydrogen (secondary N) is 2. The van der Waals surface area contributed by atoms with Crippen LogP contribution in [-0.4, -0.2) is 30.1 Å². The number of ether oxygens (including phenoxy) is 1. The molecule has 20 heavy (non-hydrogen) atoms. The van der Waals surface area contributed by atoms with E-state index in [1.807, 2.05) is 0 Å². The van der Waals surface area contributed by atoms with E-state index in [1.54, 1.807) is 6.92 Å². The minimum Gasteiger partial charge on any atom is -0.492 e. The lowest BCUT2D eigenvalue weighted by molar-refractivity contribution is -0.129. The SMILES string of the molecule is CCOc1cc(F)ccc1NC(=O)NN1CCCC1=O. The smallest absolute Gasteiger partial charge is 0.338 e. The van der Waals surface area contributed by atoms with Crippen molar-refractivity contribution in [2.24, 2.45) is 0 Å². The van der Waals surface area contributed by atoms with Crippen molar-refractivity contribution < 1.29 is 18.7 Å². The first kappa shape index (κ1) is 14.1. The van der Waals surface area contributed by atoms with Crippen LogP contribution in [0.5, 0.6) is 5.75 Å². The molecule has 0 aromatic heterocycles. The minimum atomic E-state index is -0.562. The first-order valence-corrected chi connectivity index (χ1v) is 6.40. The quantitative estimate of drug-likeness (QED) is 0.885. The summed E-state index contributed by atoms with van der Waals surface area (Å²) in [7, 11) is 0. The third-order valence-corrected chi connectivity index (χ3v) is 2.80. The van der Waals surface area contributed by atoms with Crippen LogP contribution in [0.2, 0.25) is 0 Å². The van der Waals surface area contributed by atoms with Crippen LogP contribution >= 0.6 is 0 Å². The van der Waals surface area contributed by atoms with Crippen molar-refractivity contribution in [1.29, 1.82) is 0 Å². The topological polar surface area (TPSA) is 70.7 Å². The first-order chi connectivity index (χ1) is 9.60. The molecule has 1 aromatic carbocycles. The van der Waals surface area contributed by atoms with Gasteiger partial charge in [-0.05, 0) is 25.5 Å². The van der Waals surface area contributed by atoms with Crippen LogP contribution in [0.15, 0.2) is 18.2 Å². The Balaban J connectivity index is 2.01. The van der Waals surface area contributed by atoms with Gasteiger partial charge in [0.05, 0.1) is 12.3 Å². The number of benzene rings is 1. The molecule has 1 saturated heterocycles. The van der Waals surface area contributed by atoms with Crippen LogP contribution < -0.4 is 15.5 Å². The van der Waals surface area contributed by atoms with E-state index >= 15 is 0 Å². The fourth-order valence-electron chi connectivity index (χ4n) is 1.91.